The molecule has 3 rings (SSSR count). The van der Waals surface area contributed by atoms with Gasteiger partial charge in [-0.2, -0.15) is 0 Å². The van der Waals surface area contributed by atoms with Gasteiger partial charge in [0.15, 0.2) is 5.78 Å². The number of esters is 1. The van der Waals surface area contributed by atoms with Gasteiger partial charge >= 0.3 is 12.0 Å². The average molecular weight is 383 g/mol. The Hall–Kier alpha value is -3.42. The molecule has 2 aromatic rings. The fourth-order valence-corrected chi connectivity index (χ4v) is 3.36. The maximum Gasteiger partial charge on any atom is 0.337 e. The van der Waals surface area contributed by atoms with E-state index < -0.39 is 12.0 Å². The van der Waals surface area contributed by atoms with Crippen molar-refractivity contribution in [2.75, 3.05) is 27.2 Å². The average Bonchev–Trinajstić information content (AvgIpc) is 3.10. The van der Waals surface area contributed by atoms with E-state index in [1.165, 1.54) is 19.1 Å². The van der Waals surface area contributed by atoms with Gasteiger partial charge in [0.25, 0.3) is 5.91 Å². The lowest BCUT2D eigenvalue weighted by molar-refractivity contribution is -0.125. The summed E-state index contributed by atoms with van der Waals surface area (Å²) in [5.41, 5.74) is 3.18. The smallest absolute Gasteiger partial charge is 0.337 e. The molecule has 28 heavy (non-hydrogen) atoms. The van der Waals surface area contributed by atoms with Crippen LogP contribution in [0.5, 0.6) is 0 Å². The summed E-state index contributed by atoms with van der Waals surface area (Å²) in [5, 5.41) is 0. The number of nitrogens with zero attached hydrogens (tertiary/aromatic N) is 3. The zero-order valence-corrected chi connectivity index (χ0v) is 16.2. The molecular formula is C20H21N3O5. The van der Waals surface area contributed by atoms with Gasteiger partial charge in [0.05, 0.1) is 19.2 Å². The number of hydrogen-bond donors (Lipinski definition) is 0. The van der Waals surface area contributed by atoms with E-state index in [2.05, 4.69) is 0 Å². The monoisotopic (exact) mass is 383 g/mol. The number of hydrogen-bond acceptors (Lipinski definition) is 5. The van der Waals surface area contributed by atoms with Crippen LogP contribution in [0.4, 0.5) is 4.79 Å². The highest BCUT2D eigenvalue weighted by molar-refractivity contribution is 6.08. The third-order valence-electron chi connectivity index (χ3n) is 4.81. The number of carbonyl (C=O) groups is 4. The number of aryl methyl sites for hydroxylation is 1. The number of benzene rings is 1. The van der Waals surface area contributed by atoms with Crippen LogP contribution in [0.1, 0.15) is 32.1 Å². The highest BCUT2D eigenvalue weighted by atomic mass is 16.5. The molecule has 146 valence electrons. The first-order valence-corrected chi connectivity index (χ1v) is 8.71. The number of rotatable bonds is 5. The second-order valence-electron chi connectivity index (χ2n) is 6.70. The van der Waals surface area contributed by atoms with E-state index >= 15 is 0 Å². The molecule has 0 atom stereocenters. The first-order valence-electron chi connectivity index (χ1n) is 8.71. The van der Waals surface area contributed by atoms with E-state index in [0.29, 0.717) is 16.8 Å². The summed E-state index contributed by atoms with van der Waals surface area (Å²) < 4.78 is 6.58. The summed E-state index contributed by atoms with van der Waals surface area (Å²) >= 11 is 0. The first-order chi connectivity index (χ1) is 13.2. The van der Waals surface area contributed by atoms with E-state index in [4.69, 9.17) is 4.74 Å². The number of methoxy groups -OCH3 is 1. The van der Waals surface area contributed by atoms with Crippen LogP contribution in [0.25, 0.3) is 5.69 Å². The molecule has 0 radical (unpaired) electrons. The predicted octanol–water partition coefficient (Wildman–Crippen LogP) is 1.96. The van der Waals surface area contributed by atoms with Crippen molar-refractivity contribution in [3.05, 3.63) is 52.8 Å². The highest BCUT2D eigenvalue weighted by Gasteiger charge is 2.35. The lowest BCUT2D eigenvalue weighted by Crippen LogP contribution is -2.36. The SMILES string of the molecule is COC(=O)c1ccc(-n2c(C)cc(C(=O)CN3C(=O)CN(C)C3=O)c2C)cc1. The van der Waals surface area contributed by atoms with Gasteiger partial charge in [-0.1, -0.05) is 0 Å². The molecule has 8 heteroatoms. The first kappa shape index (κ1) is 19.3. The zero-order valence-electron chi connectivity index (χ0n) is 16.2. The predicted molar refractivity (Wildman–Crippen MR) is 101 cm³/mol. The fraction of sp³-hybridized carbons (Fsp3) is 0.300. The van der Waals surface area contributed by atoms with Crippen LogP contribution in [0, 0.1) is 13.8 Å². The molecule has 2 heterocycles. The highest BCUT2D eigenvalue weighted by Crippen LogP contribution is 2.22. The van der Waals surface area contributed by atoms with Gasteiger partial charge in [-0.15, -0.1) is 0 Å². The fourth-order valence-electron chi connectivity index (χ4n) is 3.36. The van der Waals surface area contributed by atoms with Crippen molar-refractivity contribution in [1.29, 1.82) is 0 Å². The minimum atomic E-state index is -0.467. The Bertz CT molecular complexity index is 974. The van der Waals surface area contributed by atoms with E-state index in [-0.39, 0.29) is 24.8 Å². The molecular weight excluding hydrogens is 362 g/mol. The van der Waals surface area contributed by atoms with Crippen molar-refractivity contribution in [2.45, 2.75) is 13.8 Å². The topological polar surface area (TPSA) is 88.9 Å². The Morgan fingerprint density at radius 3 is 2.29 bits per heavy atom. The molecule has 3 amide bonds. The van der Waals surface area contributed by atoms with Crippen LogP contribution in [-0.2, 0) is 9.53 Å². The van der Waals surface area contributed by atoms with Gasteiger partial charge in [0.1, 0.15) is 6.54 Å². The van der Waals surface area contributed by atoms with Gasteiger partial charge in [0.2, 0.25) is 0 Å². The minimum Gasteiger partial charge on any atom is -0.465 e. The van der Waals surface area contributed by atoms with Crippen LogP contribution in [0.15, 0.2) is 30.3 Å². The van der Waals surface area contributed by atoms with Crippen LogP contribution in [0.3, 0.4) is 0 Å². The van der Waals surface area contributed by atoms with Gasteiger partial charge in [0, 0.05) is 29.7 Å². The Kier molecular flexibility index (Phi) is 5.04. The number of likely N-dealkylation sites (N-methyl/N-ethyl adjacent to an activating group) is 1. The van der Waals surface area contributed by atoms with Crippen molar-refractivity contribution in [1.82, 2.24) is 14.4 Å². The molecule has 0 saturated carbocycles. The summed E-state index contributed by atoms with van der Waals surface area (Å²) in [5.74, 6) is -1.11. The van der Waals surface area contributed by atoms with Crippen molar-refractivity contribution < 1.29 is 23.9 Å². The van der Waals surface area contributed by atoms with E-state index in [1.807, 2.05) is 11.5 Å². The lowest BCUT2D eigenvalue weighted by Gasteiger charge is -2.13. The lowest BCUT2D eigenvalue weighted by atomic mass is 10.1. The number of ether oxygens (including phenoxy) is 1. The van der Waals surface area contributed by atoms with Gasteiger partial charge in [-0.3, -0.25) is 14.5 Å². The van der Waals surface area contributed by atoms with E-state index in [0.717, 1.165) is 16.3 Å². The number of Topliss-reactive ketones (excluding diaryl/α,β-unsaturated/α-hetero) is 1. The summed E-state index contributed by atoms with van der Waals surface area (Å²) in [7, 11) is 2.84. The van der Waals surface area contributed by atoms with Crippen molar-refractivity contribution in [2.24, 2.45) is 0 Å². The van der Waals surface area contributed by atoms with Crippen molar-refractivity contribution in [3.8, 4) is 5.69 Å². The Morgan fingerprint density at radius 2 is 1.75 bits per heavy atom. The maximum absolute atomic E-state index is 12.8. The maximum atomic E-state index is 12.8. The number of ketones is 1. The van der Waals surface area contributed by atoms with Crippen LogP contribution >= 0.6 is 0 Å². The van der Waals surface area contributed by atoms with Crippen LogP contribution in [-0.4, -0.2) is 65.3 Å². The van der Waals surface area contributed by atoms with Crippen molar-refractivity contribution in [3.63, 3.8) is 0 Å². The van der Waals surface area contributed by atoms with Gasteiger partial charge < -0.3 is 14.2 Å². The molecule has 0 bridgehead atoms. The second kappa shape index (κ2) is 7.30. The molecule has 0 N–H and O–H groups in total. The zero-order chi connectivity index (χ0) is 20.6. The second-order valence-corrected chi connectivity index (χ2v) is 6.70. The minimum absolute atomic E-state index is 0.0162. The van der Waals surface area contributed by atoms with E-state index in [9.17, 15) is 19.2 Å². The van der Waals surface area contributed by atoms with Gasteiger partial charge in [-0.05, 0) is 44.2 Å². The Morgan fingerprint density at radius 1 is 1.11 bits per heavy atom. The molecule has 1 aliphatic rings. The van der Waals surface area contributed by atoms with Crippen molar-refractivity contribution >= 4 is 23.7 Å². The molecule has 1 aromatic heterocycles. The summed E-state index contributed by atoms with van der Waals surface area (Å²) in [6.07, 6.45) is 0. The standard InChI is InChI=1S/C20H21N3O5/c1-12-9-16(17(24)10-22-18(25)11-21(3)20(22)27)13(2)23(12)15-7-5-14(6-8-15)19(26)28-4/h5-9H,10-11H2,1-4H3. The number of aromatic nitrogens is 1. The molecule has 1 saturated heterocycles. The summed E-state index contributed by atoms with van der Waals surface area (Å²) in [4.78, 5) is 50.5. The van der Waals surface area contributed by atoms with Crippen LogP contribution < -0.4 is 0 Å². The van der Waals surface area contributed by atoms with E-state index in [1.54, 1.807) is 37.3 Å². The normalized spacial score (nSPS) is 14.0. The molecule has 1 aliphatic heterocycles. The Labute approximate surface area is 162 Å². The number of imide groups is 1. The molecule has 8 nitrogen and oxygen atoms in total. The number of carbonyl (C=O) groups excluding carboxylic acids is 4. The Balaban J connectivity index is 1.87. The number of amides is 3. The quantitative estimate of drug-likeness (QED) is 0.447. The summed E-state index contributed by atoms with van der Waals surface area (Å²) in [6.45, 7) is 3.36. The number of urea groups is 1. The molecule has 1 fully saturated rings. The largest absolute Gasteiger partial charge is 0.465 e. The third kappa shape index (κ3) is 3.28. The molecule has 0 spiro atoms. The summed E-state index contributed by atoms with van der Waals surface area (Å²) in [6, 6.07) is 8.11. The third-order valence-corrected chi connectivity index (χ3v) is 4.81. The van der Waals surface area contributed by atoms with Gasteiger partial charge in [-0.25, -0.2) is 9.59 Å². The molecule has 0 unspecified atom stereocenters. The molecule has 0 aliphatic carbocycles. The van der Waals surface area contributed by atoms with Crippen LogP contribution in [0.2, 0.25) is 0 Å². The molecule has 1 aromatic carbocycles.